The van der Waals surface area contributed by atoms with Gasteiger partial charge < -0.3 is 18.9 Å². The molecule has 7 aliphatic rings. The van der Waals surface area contributed by atoms with E-state index in [-0.39, 0.29) is 24.6 Å². The normalized spacial score (nSPS) is 17.5. The Bertz CT molecular complexity index is 1490. The molecular weight excluding hydrogens is 564 g/mol. The second-order valence-electron chi connectivity index (χ2n) is 11.5. The van der Waals surface area contributed by atoms with Crippen molar-refractivity contribution in [3.63, 3.8) is 0 Å². The van der Waals surface area contributed by atoms with Crippen LogP contribution in [-0.2, 0) is 9.47 Å². The summed E-state index contributed by atoms with van der Waals surface area (Å²) in [5.41, 5.74) is 5.15. The molecule has 0 fully saturated rings. The van der Waals surface area contributed by atoms with E-state index in [1.54, 1.807) is 24.3 Å². The Morgan fingerprint density at radius 1 is 0.422 bits per heavy atom. The predicted octanol–water partition coefficient (Wildman–Crippen LogP) is 9.31. The molecule has 0 unspecified atom stereocenters. The van der Waals surface area contributed by atoms with Crippen LogP contribution in [0.2, 0.25) is 0 Å². The molecule has 234 valence electrons. The van der Waals surface area contributed by atoms with Crippen LogP contribution >= 0.6 is 0 Å². The second kappa shape index (κ2) is 16.5. The molecular formula is C39H42O6. The predicted molar refractivity (Wildman–Crippen MR) is 177 cm³/mol. The molecule has 0 amide bonds. The maximum atomic E-state index is 12.7. The fourth-order valence-electron chi connectivity index (χ4n) is 5.30. The average molecular weight is 607 g/mol. The number of ether oxygens (including phenoxy) is 4. The van der Waals surface area contributed by atoms with Gasteiger partial charge >= 0.3 is 11.9 Å². The van der Waals surface area contributed by atoms with E-state index >= 15 is 0 Å². The fraction of sp³-hybridized carbons (Fsp3) is 0.333. The van der Waals surface area contributed by atoms with Crippen LogP contribution in [0.5, 0.6) is 11.5 Å². The number of hydrogen-bond acceptors (Lipinski definition) is 6. The summed E-state index contributed by atoms with van der Waals surface area (Å²) in [4.78, 5) is 25.3. The Morgan fingerprint density at radius 3 is 1.24 bits per heavy atom. The average Bonchev–Trinajstić information content (AvgIpc) is 3.08. The van der Waals surface area contributed by atoms with Crippen molar-refractivity contribution in [2.24, 2.45) is 0 Å². The van der Waals surface area contributed by atoms with Crippen LogP contribution in [0.3, 0.4) is 0 Å². The standard InChI is InChI=1S/C39H42O6/c1-29-9-8-28-44-38(40)34-14-10-30(11-15-34)32-18-22-36(23-19-32)42-26-6-4-2-3-5-7-27-43-37-24-20-33(21-25-37)31-12-16-35(17-13-31)39(41)45-29/h10-25,29H,2-9,26-28H2,1H3/t29-/m1/s1. The van der Waals surface area contributed by atoms with Gasteiger partial charge in [-0.15, -0.1) is 0 Å². The van der Waals surface area contributed by atoms with Crippen molar-refractivity contribution < 1.29 is 28.5 Å². The van der Waals surface area contributed by atoms with Crippen LogP contribution in [0.1, 0.15) is 79.0 Å². The second-order valence-corrected chi connectivity index (χ2v) is 11.5. The molecule has 0 aromatic heterocycles. The molecule has 11 rings (SSSR count). The van der Waals surface area contributed by atoms with Gasteiger partial charge in [-0.05, 0) is 103 Å². The Labute approximate surface area is 266 Å². The molecule has 6 nitrogen and oxygen atoms in total. The number of carbonyl (C=O) groups is 2. The first kappa shape index (κ1) is 31.8. The highest BCUT2D eigenvalue weighted by molar-refractivity contribution is 5.90. The summed E-state index contributed by atoms with van der Waals surface area (Å²) >= 11 is 0. The van der Waals surface area contributed by atoms with Gasteiger partial charge in [-0.25, -0.2) is 9.59 Å². The van der Waals surface area contributed by atoms with Gasteiger partial charge in [-0.3, -0.25) is 0 Å². The monoisotopic (exact) mass is 606 g/mol. The Kier molecular flexibility index (Phi) is 11.7. The molecule has 7 aliphatic heterocycles. The van der Waals surface area contributed by atoms with E-state index in [9.17, 15) is 9.59 Å². The van der Waals surface area contributed by atoms with Crippen LogP contribution in [0, 0.1) is 0 Å². The number of esters is 2. The zero-order valence-electron chi connectivity index (χ0n) is 26.0. The maximum absolute atomic E-state index is 12.7. The highest BCUT2D eigenvalue weighted by atomic mass is 16.5. The largest absolute Gasteiger partial charge is 0.494 e. The van der Waals surface area contributed by atoms with Gasteiger partial charge in [0.2, 0.25) is 0 Å². The molecule has 1 atom stereocenters. The first-order valence-electron chi connectivity index (χ1n) is 16.1. The number of benzene rings is 4. The Balaban J connectivity index is 1.18. The molecule has 0 aliphatic carbocycles. The third-order valence-corrected chi connectivity index (χ3v) is 7.99. The van der Waals surface area contributed by atoms with Crippen LogP contribution < -0.4 is 9.47 Å². The molecule has 8 bridgehead atoms. The summed E-state index contributed by atoms with van der Waals surface area (Å²) in [6.07, 6.45) is 7.62. The molecule has 0 spiro atoms. The Morgan fingerprint density at radius 2 is 0.778 bits per heavy atom. The summed E-state index contributed by atoms with van der Waals surface area (Å²) in [5.74, 6) is 0.995. The van der Waals surface area contributed by atoms with E-state index in [1.807, 2.05) is 79.7 Å². The van der Waals surface area contributed by atoms with Crippen molar-refractivity contribution in [3.8, 4) is 33.8 Å². The van der Waals surface area contributed by atoms with Gasteiger partial charge in [0.05, 0.1) is 37.1 Å². The SMILES string of the molecule is C[C@@H]1CCCOC(=O)c2ccc(cc2)-c2ccc(cc2)OCCCCCCCCOc2ccc(cc2)-c2ccc(cc2)C(=O)O1. The van der Waals surface area contributed by atoms with E-state index in [4.69, 9.17) is 18.9 Å². The van der Waals surface area contributed by atoms with E-state index in [1.165, 1.54) is 12.8 Å². The van der Waals surface area contributed by atoms with E-state index in [2.05, 4.69) is 0 Å². The summed E-state index contributed by atoms with van der Waals surface area (Å²) in [6, 6.07) is 31.0. The third-order valence-electron chi connectivity index (χ3n) is 7.99. The molecule has 0 radical (unpaired) electrons. The van der Waals surface area contributed by atoms with Crippen molar-refractivity contribution in [1.29, 1.82) is 0 Å². The third kappa shape index (κ3) is 9.70. The number of hydrogen-bond donors (Lipinski definition) is 0. The molecule has 45 heavy (non-hydrogen) atoms. The first-order chi connectivity index (χ1) is 22.0. The van der Waals surface area contributed by atoms with Crippen LogP contribution in [-0.4, -0.2) is 37.9 Å². The van der Waals surface area contributed by atoms with Gasteiger partial charge in [0, 0.05) is 0 Å². The minimum atomic E-state index is -0.366. The lowest BCUT2D eigenvalue weighted by atomic mass is 10.0. The lowest BCUT2D eigenvalue weighted by Crippen LogP contribution is -2.16. The van der Waals surface area contributed by atoms with Gasteiger partial charge in [-0.1, -0.05) is 74.2 Å². The van der Waals surface area contributed by atoms with Crippen molar-refractivity contribution >= 4 is 11.9 Å². The minimum Gasteiger partial charge on any atom is -0.494 e. The zero-order chi connectivity index (χ0) is 31.3. The van der Waals surface area contributed by atoms with Gasteiger partial charge in [0.25, 0.3) is 0 Å². The Hall–Kier alpha value is -4.58. The topological polar surface area (TPSA) is 71.1 Å². The summed E-state index contributed by atoms with van der Waals surface area (Å²) in [7, 11) is 0. The van der Waals surface area contributed by atoms with E-state index in [0.717, 1.165) is 59.4 Å². The highest BCUT2D eigenvalue weighted by Gasteiger charge is 2.14. The van der Waals surface area contributed by atoms with E-state index in [0.29, 0.717) is 37.2 Å². The van der Waals surface area contributed by atoms with E-state index < -0.39 is 0 Å². The van der Waals surface area contributed by atoms with Crippen molar-refractivity contribution in [1.82, 2.24) is 0 Å². The van der Waals surface area contributed by atoms with Crippen molar-refractivity contribution in [2.45, 2.75) is 64.4 Å². The van der Waals surface area contributed by atoms with Crippen LogP contribution in [0.15, 0.2) is 97.1 Å². The minimum absolute atomic E-state index is 0.252. The quantitative estimate of drug-likeness (QED) is 0.186. The summed E-state index contributed by atoms with van der Waals surface area (Å²) in [6.45, 7) is 3.53. The van der Waals surface area contributed by atoms with Crippen LogP contribution in [0.25, 0.3) is 22.3 Å². The summed E-state index contributed by atoms with van der Waals surface area (Å²) < 4.78 is 23.0. The van der Waals surface area contributed by atoms with Crippen molar-refractivity contribution in [3.05, 3.63) is 108 Å². The van der Waals surface area contributed by atoms with Gasteiger partial charge in [0.1, 0.15) is 11.5 Å². The van der Waals surface area contributed by atoms with Crippen LogP contribution in [0.4, 0.5) is 0 Å². The molecule has 0 saturated heterocycles. The number of rotatable bonds is 0. The lowest BCUT2D eigenvalue weighted by Gasteiger charge is -2.14. The lowest BCUT2D eigenvalue weighted by molar-refractivity contribution is 0.0280. The first-order valence-corrected chi connectivity index (χ1v) is 16.1. The maximum Gasteiger partial charge on any atom is 0.338 e. The molecule has 0 N–H and O–H groups in total. The molecule has 4 aromatic carbocycles. The zero-order valence-corrected chi connectivity index (χ0v) is 26.0. The van der Waals surface area contributed by atoms with Gasteiger partial charge in [-0.2, -0.15) is 0 Å². The molecule has 6 heteroatoms. The molecule has 0 saturated carbocycles. The van der Waals surface area contributed by atoms with Crippen molar-refractivity contribution in [2.75, 3.05) is 19.8 Å². The fourth-order valence-corrected chi connectivity index (χ4v) is 5.30. The summed E-state index contributed by atoms with van der Waals surface area (Å²) in [5, 5.41) is 0. The number of carbonyl (C=O) groups excluding carboxylic acids is 2. The highest BCUT2D eigenvalue weighted by Crippen LogP contribution is 2.25. The van der Waals surface area contributed by atoms with Gasteiger partial charge in [0.15, 0.2) is 0 Å². The molecule has 7 heterocycles. The molecule has 4 aromatic rings. The smallest absolute Gasteiger partial charge is 0.338 e.